The summed E-state index contributed by atoms with van der Waals surface area (Å²) in [7, 11) is -3.98. The van der Waals surface area contributed by atoms with Crippen LogP contribution in [0.25, 0.3) is 0 Å². The highest BCUT2D eigenvalue weighted by molar-refractivity contribution is 7.58. The maximum absolute atomic E-state index is 13.4. The fourth-order valence-electron chi connectivity index (χ4n) is 2.63. The summed E-state index contributed by atoms with van der Waals surface area (Å²) in [6.07, 6.45) is 0.556. The van der Waals surface area contributed by atoms with Gasteiger partial charge in [-0.1, -0.05) is 6.07 Å². The molecule has 0 aromatic heterocycles. The van der Waals surface area contributed by atoms with Crippen LogP contribution in [0.5, 0.6) is 0 Å². The molecule has 1 aromatic rings. The van der Waals surface area contributed by atoms with Crippen LogP contribution in [0.3, 0.4) is 0 Å². The quantitative estimate of drug-likeness (QED) is 0.294. The molecule has 1 aliphatic rings. The van der Waals surface area contributed by atoms with Crippen molar-refractivity contribution in [2.45, 2.75) is 45.8 Å². The lowest BCUT2D eigenvalue weighted by Crippen LogP contribution is -2.44. The Labute approximate surface area is 167 Å². The van der Waals surface area contributed by atoms with Crippen LogP contribution in [0.2, 0.25) is 0 Å². The molecule has 0 spiro atoms. The van der Waals surface area contributed by atoms with Crippen LogP contribution >= 0.6 is 7.52 Å². The number of carbonyl (C=O) groups is 2. The van der Waals surface area contributed by atoms with Crippen LogP contribution in [0, 0.1) is 17.0 Å². The predicted molar refractivity (Wildman–Crippen MR) is 98.8 cm³/mol. The summed E-state index contributed by atoms with van der Waals surface area (Å²) in [5.74, 6) is -3.49. The Morgan fingerprint density at radius 2 is 2.03 bits per heavy atom. The molecule has 8 nitrogen and oxygen atoms in total. The van der Waals surface area contributed by atoms with Crippen LogP contribution in [0.1, 0.15) is 39.2 Å². The van der Waals surface area contributed by atoms with Crippen molar-refractivity contribution in [3.8, 4) is 0 Å². The van der Waals surface area contributed by atoms with Gasteiger partial charge in [0.2, 0.25) is 0 Å². The van der Waals surface area contributed by atoms with Gasteiger partial charge in [0.25, 0.3) is 13.4 Å². The van der Waals surface area contributed by atoms with Crippen LogP contribution < -0.4 is 5.09 Å². The largest absolute Gasteiger partial charge is 0.438 e. The maximum Gasteiger partial charge on any atom is 0.313 e. The van der Waals surface area contributed by atoms with E-state index in [9.17, 15) is 28.1 Å². The lowest BCUT2D eigenvalue weighted by Gasteiger charge is -2.32. The number of carbonyl (C=O) groups excluding carboxylic acids is 2. The number of ether oxygens (including phenoxy) is 1. The molecule has 0 saturated carbocycles. The topological polar surface area (TPSA) is 105 Å². The van der Waals surface area contributed by atoms with Crippen molar-refractivity contribution in [3.05, 3.63) is 35.4 Å². The summed E-state index contributed by atoms with van der Waals surface area (Å²) in [6, 6.07) is 3.13. The normalized spacial score (nSPS) is 19.7. The van der Waals surface area contributed by atoms with E-state index < -0.39 is 48.9 Å². The Morgan fingerprint density at radius 1 is 1.34 bits per heavy atom. The number of hydrogen-bond donors (Lipinski definition) is 2. The molecule has 1 aromatic carbocycles. The Balaban J connectivity index is 2.15. The highest BCUT2D eigenvalue weighted by Gasteiger charge is 2.44. The summed E-state index contributed by atoms with van der Waals surface area (Å²) in [6.45, 7) is 4.11. The van der Waals surface area contributed by atoms with Gasteiger partial charge in [-0.15, -0.1) is 0 Å². The number of rotatable bonds is 7. The number of halogens is 2. The van der Waals surface area contributed by atoms with E-state index in [0.29, 0.717) is 11.5 Å². The Kier molecular flexibility index (Phi) is 7.50. The zero-order valence-corrected chi connectivity index (χ0v) is 17.4. The third kappa shape index (κ3) is 6.05. The molecule has 11 heteroatoms. The average Bonchev–Trinajstić information content (AvgIpc) is 2.64. The summed E-state index contributed by atoms with van der Waals surface area (Å²) < 4.78 is 50.2. The molecule has 2 N–H and O–H groups in total. The fraction of sp³-hybridized carbons (Fsp3) is 0.556. The molecule has 1 amide bonds. The van der Waals surface area contributed by atoms with Crippen LogP contribution in [0.4, 0.5) is 8.78 Å². The second-order valence-electron chi connectivity index (χ2n) is 7.73. The maximum atomic E-state index is 13.4. The van der Waals surface area contributed by atoms with Gasteiger partial charge in [-0.3, -0.25) is 23.9 Å². The van der Waals surface area contributed by atoms with Gasteiger partial charge >= 0.3 is 5.97 Å². The molecule has 29 heavy (non-hydrogen) atoms. The number of esters is 1. The van der Waals surface area contributed by atoms with Gasteiger partial charge in [-0.25, -0.2) is 18.9 Å². The highest BCUT2D eigenvalue weighted by atomic mass is 31.2. The predicted octanol–water partition coefficient (Wildman–Crippen LogP) is 3.19. The lowest BCUT2D eigenvalue weighted by molar-refractivity contribution is -0.169. The Morgan fingerprint density at radius 3 is 2.66 bits per heavy atom. The van der Waals surface area contributed by atoms with E-state index >= 15 is 0 Å². The highest BCUT2D eigenvalue weighted by Crippen LogP contribution is 2.51. The number of amides is 1. The molecular formula is C18H25F2N2O6P. The van der Waals surface area contributed by atoms with Crippen molar-refractivity contribution in [1.29, 1.82) is 0 Å². The molecule has 162 valence electrons. The van der Waals surface area contributed by atoms with Gasteiger partial charge in [0.15, 0.2) is 18.4 Å². The zero-order chi connectivity index (χ0) is 21.8. The van der Waals surface area contributed by atoms with E-state index in [1.807, 2.05) is 0 Å². The standard InChI is InChI=1S/C18H25F2N2O6P/c1-18(2,3)17(24)27-11-28-29(26,15-5-4-8-22(25)16(15)23)21-10-12-6-7-13(19)14(20)9-12/h6-7,9,15,25H,4-5,8,10-11H2,1-3H3,(H,21,26). The Hall–Kier alpha value is -1.87. The molecule has 2 rings (SSSR count). The molecule has 1 aliphatic heterocycles. The summed E-state index contributed by atoms with van der Waals surface area (Å²) >= 11 is 0. The van der Waals surface area contributed by atoms with Crippen molar-refractivity contribution in [2.24, 2.45) is 5.41 Å². The monoisotopic (exact) mass is 434 g/mol. The number of piperidine rings is 1. The van der Waals surface area contributed by atoms with Gasteiger partial charge in [0.1, 0.15) is 5.66 Å². The van der Waals surface area contributed by atoms with Crippen molar-refractivity contribution in [3.63, 3.8) is 0 Å². The molecule has 1 saturated heterocycles. The van der Waals surface area contributed by atoms with Gasteiger partial charge < -0.3 is 4.74 Å². The van der Waals surface area contributed by atoms with Crippen LogP contribution in [0.15, 0.2) is 18.2 Å². The fourth-order valence-corrected chi connectivity index (χ4v) is 4.68. The third-order valence-corrected chi connectivity index (χ3v) is 6.72. The first-order chi connectivity index (χ1) is 13.4. The van der Waals surface area contributed by atoms with Crippen LogP contribution in [-0.2, 0) is 30.0 Å². The molecule has 2 unspecified atom stereocenters. The van der Waals surface area contributed by atoms with Crippen molar-refractivity contribution in [2.75, 3.05) is 13.3 Å². The Bertz CT molecular complexity index is 814. The first kappa shape index (κ1) is 23.4. The summed E-state index contributed by atoms with van der Waals surface area (Å²) in [5.41, 5.74) is -1.75. The number of nitrogens with one attached hydrogen (secondary N) is 1. The molecule has 1 heterocycles. The minimum absolute atomic E-state index is 0.0948. The average molecular weight is 434 g/mol. The van der Waals surface area contributed by atoms with Gasteiger partial charge in [0.05, 0.1) is 5.41 Å². The van der Waals surface area contributed by atoms with Crippen LogP contribution in [-0.4, -0.2) is 41.1 Å². The molecule has 2 atom stereocenters. The van der Waals surface area contributed by atoms with Gasteiger partial charge in [-0.05, 0) is 51.3 Å². The number of hydrogen-bond acceptors (Lipinski definition) is 6. The summed E-state index contributed by atoms with van der Waals surface area (Å²) in [5, 5.41) is 12.7. The lowest BCUT2D eigenvalue weighted by atomic mass is 9.98. The van der Waals surface area contributed by atoms with E-state index in [0.717, 1.165) is 12.1 Å². The zero-order valence-electron chi connectivity index (χ0n) is 16.5. The molecule has 0 aliphatic carbocycles. The first-order valence-electron chi connectivity index (χ1n) is 9.05. The smallest absolute Gasteiger partial charge is 0.313 e. The minimum Gasteiger partial charge on any atom is -0.438 e. The second kappa shape index (κ2) is 9.30. The molecule has 0 bridgehead atoms. The first-order valence-corrected chi connectivity index (χ1v) is 10.7. The third-order valence-electron chi connectivity index (χ3n) is 4.33. The molecule has 1 fully saturated rings. The van der Waals surface area contributed by atoms with E-state index in [-0.39, 0.29) is 25.1 Å². The van der Waals surface area contributed by atoms with E-state index in [4.69, 9.17) is 9.26 Å². The van der Waals surface area contributed by atoms with E-state index in [1.54, 1.807) is 20.8 Å². The second-order valence-corrected chi connectivity index (χ2v) is 10.1. The minimum atomic E-state index is -3.98. The van der Waals surface area contributed by atoms with E-state index in [2.05, 4.69) is 5.09 Å². The number of hydroxylamine groups is 2. The van der Waals surface area contributed by atoms with Gasteiger partial charge in [0, 0.05) is 13.1 Å². The molecule has 0 radical (unpaired) electrons. The van der Waals surface area contributed by atoms with Crippen molar-refractivity contribution >= 4 is 19.4 Å². The van der Waals surface area contributed by atoms with Crippen molar-refractivity contribution < 1.29 is 37.4 Å². The van der Waals surface area contributed by atoms with Gasteiger partial charge in [-0.2, -0.15) is 0 Å². The number of benzene rings is 1. The van der Waals surface area contributed by atoms with Crippen molar-refractivity contribution in [1.82, 2.24) is 10.2 Å². The SMILES string of the molecule is CC(C)(C)C(=O)OCOP(=O)(NCc1ccc(F)c(F)c1)C1CCCN(O)C1=O. The van der Waals surface area contributed by atoms with E-state index in [1.165, 1.54) is 6.07 Å². The number of nitrogens with zero attached hydrogens (tertiary/aromatic N) is 1. The summed E-state index contributed by atoms with van der Waals surface area (Å²) in [4.78, 5) is 24.2. The molecular weight excluding hydrogens is 409 g/mol.